The Kier molecular flexibility index (Phi) is 3.59. The third-order valence-corrected chi connectivity index (χ3v) is 5.95. The van der Waals surface area contributed by atoms with Gasteiger partial charge >= 0.3 is 0 Å². The molecule has 0 radical (unpaired) electrons. The highest BCUT2D eigenvalue weighted by Gasteiger charge is 2.43. The van der Waals surface area contributed by atoms with Crippen LogP contribution in [-0.2, 0) is 10.1 Å². The number of hydrogen-bond donors (Lipinski definition) is 0. The van der Waals surface area contributed by atoms with Crippen molar-refractivity contribution in [3.63, 3.8) is 0 Å². The molecule has 0 N–H and O–H groups in total. The summed E-state index contributed by atoms with van der Waals surface area (Å²) in [6.07, 6.45) is 9.99. The van der Waals surface area contributed by atoms with Gasteiger partial charge in [0, 0.05) is 0 Å². The van der Waals surface area contributed by atoms with Crippen molar-refractivity contribution in [2.45, 2.75) is 69.5 Å². The van der Waals surface area contributed by atoms with E-state index in [0.717, 1.165) is 51.4 Å². The average molecular weight is 245 g/mol. The maximum absolute atomic E-state index is 11.5. The van der Waals surface area contributed by atoms with Crippen molar-refractivity contribution in [2.75, 3.05) is 0 Å². The van der Waals surface area contributed by atoms with Crippen LogP contribution in [-0.4, -0.2) is 18.2 Å². The second-order valence-corrected chi connectivity index (χ2v) is 7.06. The van der Waals surface area contributed by atoms with Gasteiger partial charge in [-0.05, 0) is 31.1 Å². The normalized spacial score (nSPS) is 31.2. The van der Waals surface area contributed by atoms with Crippen LogP contribution < -0.4 is 0 Å². The van der Waals surface area contributed by atoms with Crippen LogP contribution in [0.5, 0.6) is 0 Å². The maximum Gasteiger partial charge on any atom is 0.0980 e. The monoisotopic (exact) mass is 245 g/mol. The zero-order chi connectivity index (χ0) is 11.6. The van der Waals surface area contributed by atoms with Crippen molar-refractivity contribution in [1.29, 1.82) is 0 Å². The molecule has 0 aromatic heterocycles. The predicted molar refractivity (Wildman–Crippen MR) is 62.1 cm³/mol. The minimum atomic E-state index is -4.11. The highest BCUT2D eigenvalue weighted by Crippen LogP contribution is 2.48. The fourth-order valence-electron chi connectivity index (χ4n) is 3.73. The highest BCUT2D eigenvalue weighted by molar-refractivity contribution is 7.86. The second kappa shape index (κ2) is 4.65. The molecule has 1 unspecified atom stereocenters. The van der Waals surface area contributed by atoms with Gasteiger partial charge in [-0.1, -0.05) is 38.5 Å². The molecule has 0 bridgehead atoms. The van der Waals surface area contributed by atoms with Gasteiger partial charge in [-0.25, -0.2) is 8.42 Å². The molecular weight excluding hydrogens is 224 g/mol. The predicted octanol–water partition coefficient (Wildman–Crippen LogP) is 2.81. The van der Waals surface area contributed by atoms with Crippen LogP contribution in [0.1, 0.15) is 64.2 Å². The molecule has 16 heavy (non-hydrogen) atoms. The minimum Gasteiger partial charge on any atom is -0.748 e. The first-order valence-electron chi connectivity index (χ1n) is 6.49. The van der Waals surface area contributed by atoms with E-state index in [2.05, 4.69) is 0 Å². The Morgan fingerprint density at radius 1 is 0.875 bits per heavy atom. The van der Waals surface area contributed by atoms with Crippen LogP contribution in [0.2, 0.25) is 0 Å². The molecule has 0 heterocycles. The van der Waals surface area contributed by atoms with Crippen molar-refractivity contribution >= 4 is 10.1 Å². The van der Waals surface area contributed by atoms with E-state index in [1.807, 2.05) is 0 Å². The first-order valence-corrected chi connectivity index (χ1v) is 7.96. The topological polar surface area (TPSA) is 57.2 Å². The molecule has 3 nitrogen and oxygen atoms in total. The molecule has 2 rings (SSSR count). The summed E-state index contributed by atoms with van der Waals surface area (Å²) in [7, 11) is -4.11. The van der Waals surface area contributed by atoms with Gasteiger partial charge in [0.1, 0.15) is 0 Å². The number of hydrogen-bond acceptors (Lipinski definition) is 3. The lowest BCUT2D eigenvalue weighted by Gasteiger charge is -2.43. The lowest BCUT2D eigenvalue weighted by Crippen LogP contribution is -2.41. The lowest BCUT2D eigenvalue weighted by atomic mass is 9.69. The van der Waals surface area contributed by atoms with Crippen molar-refractivity contribution in [2.24, 2.45) is 5.41 Å². The van der Waals surface area contributed by atoms with Crippen molar-refractivity contribution < 1.29 is 13.0 Å². The molecule has 1 spiro atoms. The summed E-state index contributed by atoms with van der Waals surface area (Å²) in [6, 6.07) is 0. The fourth-order valence-corrected chi connectivity index (χ4v) is 5.15. The maximum atomic E-state index is 11.5. The molecule has 0 amide bonds. The van der Waals surface area contributed by atoms with Gasteiger partial charge in [0.2, 0.25) is 0 Å². The third kappa shape index (κ3) is 2.43. The molecule has 1 atom stereocenters. The Hall–Kier alpha value is -0.0900. The number of rotatable bonds is 1. The smallest absolute Gasteiger partial charge is 0.0980 e. The molecular formula is C12H21O3S-. The highest BCUT2D eigenvalue weighted by atomic mass is 32.2. The van der Waals surface area contributed by atoms with Crippen LogP contribution in [0.3, 0.4) is 0 Å². The Morgan fingerprint density at radius 2 is 1.38 bits per heavy atom. The summed E-state index contributed by atoms with van der Waals surface area (Å²) in [5.74, 6) is 0. The van der Waals surface area contributed by atoms with Gasteiger partial charge in [-0.2, -0.15) is 0 Å². The van der Waals surface area contributed by atoms with E-state index in [1.165, 1.54) is 6.42 Å². The molecule has 0 aromatic rings. The van der Waals surface area contributed by atoms with Crippen LogP contribution in [0.4, 0.5) is 0 Å². The van der Waals surface area contributed by atoms with Crippen molar-refractivity contribution in [3.05, 3.63) is 0 Å². The Balaban J connectivity index is 2.28. The Morgan fingerprint density at radius 3 is 1.88 bits per heavy atom. The van der Waals surface area contributed by atoms with Gasteiger partial charge < -0.3 is 4.55 Å². The fraction of sp³-hybridized carbons (Fsp3) is 1.00. The largest absolute Gasteiger partial charge is 0.748 e. The molecule has 2 aliphatic rings. The minimum absolute atomic E-state index is 0.157. The summed E-state index contributed by atoms with van der Waals surface area (Å²) in [5.41, 5.74) is -0.157. The van der Waals surface area contributed by atoms with Gasteiger partial charge in [0.15, 0.2) is 0 Å². The van der Waals surface area contributed by atoms with Crippen molar-refractivity contribution in [1.82, 2.24) is 0 Å². The van der Waals surface area contributed by atoms with Gasteiger partial charge in [0.05, 0.1) is 15.4 Å². The average Bonchev–Trinajstić information content (AvgIpc) is 2.41. The van der Waals surface area contributed by atoms with Crippen LogP contribution >= 0.6 is 0 Å². The second-order valence-electron chi connectivity index (χ2n) is 5.50. The van der Waals surface area contributed by atoms with Crippen LogP contribution in [0.15, 0.2) is 0 Å². The molecule has 0 aromatic carbocycles. The standard InChI is InChI=1S/C12H22O3S/c13-16(14,15)11-7-3-1-4-8-12(11)9-5-2-6-10-12/h11H,1-10H2,(H,13,14,15)/p-1. The quantitative estimate of drug-likeness (QED) is 0.667. The van der Waals surface area contributed by atoms with E-state index in [1.54, 1.807) is 0 Å². The van der Waals surface area contributed by atoms with Gasteiger partial charge in [0.25, 0.3) is 0 Å². The Labute approximate surface area is 98.4 Å². The summed E-state index contributed by atoms with van der Waals surface area (Å²) in [4.78, 5) is 0. The summed E-state index contributed by atoms with van der Waals surface area (Å²) >= 11 is 0. The molecule has 0 aliphatic heterocycles. The van der Waals surface area contributed by atoms with E-state index in [0.29, 0.717) is 6.42 Å². The molecule has 2 fully saturated rings. The Bertz CT molecular complexity index is 328. The van der Waals surface area contributed by atoms with Crippen molar-refractivity contribution in [3.8, 4) is 0 Å². The molecule has 0 saturated heterocycles. The first kappa shape index (κ1) is 12.4. The van der Waals surface area contributed by atoms with E-state index >= 15 is 0 Å². The van der Waals surface area contributed by atoms with Gasteiger partial charge in [-0.3, -0.25) is 0 Å². The van der Waals surface area contributed by atoms with E-state index in [9.17, 15) is 13.0 Å². The van der Waals surface area contributed by atoms with E-state index < -0.39 is 15.4 Å². The SMILES string of the molecule is O=S(=O)([O-])C1CCCCCC12CCCCC2. The van der Waals surface area contributed by atoms with E-state index in [4.69, 9.17) is 0 Å². The molecule has 2 saturated carbocycles. The van der Waals surface area contributed by atoms with E-state index in [-0.39, 0.29) is 5.41 Å². The molecule has 94 valence electrons. The molecule has 4 heteroatoms. The zero-order valence-electron chi connectivity index (χ0n) is 9.78. The molecule has 2 aliphatic carbocycles. The van der Waals surface area contributed by atoms with Crippen LogP contribution in [0.25, 0.3) is 0 Å². The summed E-state index contributed by atoms with van der Waals surface area (Å²) in [6.45, 7) is 0. The third-order valence-electron chi connectivity index (χ3n) is 4.52. The zero-order valence-corrected chi connectivity index (χ0v) is 10.6. The summed E-state index contributed by atoms with van der Waals surface area (Å²) in [5, 5.41) is -0.595. The van der Waals surface area contributed by atoms with Gasteiger partial charge in [-0.15, -0.1) is 0 Å². The lowest BCUT2D eigenvalue weighted by molar-refractivity contribution is 0.158. The van der Waals surface area contributed by atoms with Crippen LogP contribution in [0, 0.1) is 5.41 Å². The summed E-state index contributed by atoms with van der Waals surface area (Å²) < 4.78 is 34.4. The first-order chi connectivity index (χ1) is 7.55.